The molecule has 0 saturated carbocycles. The molecule has 3 rings (SSSR count). The van der Waals surface area contributed by atoms with E-state index in [0.29, 0.717) is 16.7 Å². The molecule has 4 nitrogen and oxygen atoms in total. The maximum Gasteiger partial charge on any atom is 0.338 e. The zero-order valence-corrected chi connectivity index (χ0v) is 12.7. The lowest BCUT2D eigenvalue weighted by molar-refractivity contribution is 0.0594. The number of nitrogens with zero attached hydrogens (tertiary/aromatic N) is 1. The third-order valence-electron chi connectivity index (χ3n) is 3.75. The van der Waals surface area contributed by atoms with Crippen LogP contribution < -0.4 is 0 Å². The number of carbonyl (C=O) groups is 2. The van der Waals surface area contributed by atoms with Gasteiger partial charge in [0.05, 0.1) is 12.7 Å². The summed E-state index contributed by atoms with van der Waals surface area (Å²) in [5.41, 5.74) is 2.02. The van der Waals surface area contributed by atoms with Gasteiger partial charge in [-0.2, -0.15) is 0 Å². The Bertz CT molecular complexity index is 744. The lowest BCUT2D eigenvalue weighted by Crippen LogP contribution is -2.26. The molecule has 0 aliphatic carbocycles. The van der Waals surface area contributed by atoms with Gasteiger partial charge in [-0.15, -0.1) is 0 Å². The van der Waals surface area contributed by atoms with Crippen LogP contribution in [0.4, 0.5) is 0 Å². The summed E-state index contributed by atoms with van der Waals surface area (Å²) in [5, 5.41) is 0. The number of methoxy groups -OCH3 is 1. The minimum atomic E-state index is -0.533. The summed E-state index contributed by atoms with van der Waals surface area (Å²) >= 11 is 6.41. The molecule has 5 heteroatoms. The SMILES string of the molecule is COC(=O)c1ccccc1CN1C(=O)c2ccccc2C1Cl. The van der Waals surface area contributed by atoms with Crippen molar-refractivity contribution in [1.82, 2.24) is 4.90 Å². The van der Waals surface area contributed by atoms with Crippen LogP contribution in [0.25, 0.3) is 0 Å². The highest BCUT2D eigenvalue weighted by Crippen LogP contribution is 2.37. The molecule has 1 amide bonds. The summed E-state index contributed by atoms with van der Waals surface area (Å²) in [6, 6.07) is 14.3. The second-order valence-electron chi connectivity index (χ2n) is 5.00. The van der Waals surface area contributed by atoms with E-state index >= 15 is 0 Å². The largest absolute Gasteiger partial charge is 0.465 e. The molecule has 1 aliphatic heterocycles. The smallest absolute Gasteiger partial charge is 0.338 e. The molecule has 0 bridgehead atoms. The Labute approximate surface area is 133 Å². The van der Waals surface area contributed by atoms with Crippen molar-refractivity contribution in [2.24, 2.45) is 0 Å². The number of benzene rings is 2. The van der Waals surface area contributed by atoms with Crippen molar-refractivity contribution in [2.75, 3.05) is 7.11 Å². The van der Waals surface area contributed by atoms with Gasteiger partial charge in [-0.1, -0.05) is 48.0 Å². The van der Waals surface area contributed by atoms with Crippen molar-refractivity contribution in [3.05, 3.63) is 70.8 Å². The number of amides is 1. The summed E-state index contributed by atoms with van der Waals surface area (Å²) in [4.78, 5) is 25.9. The second-order valence-corrected chi connectivity index (χ2v) is 5.42. The first-order chi connectivity index (χ1) is 10.6. The minimum Gasteiger partial charge on any atom is -0.465 e. The zero-order chi connectivity index (χ0) is 15.7. The highest BCUT2D eigenvalue weighted by molar-refractivity contribution is 6.24. The third kappa shape index (κ3) is 2.35. The molecule has 22 heavy (non-hydrogen) atoms. The number of halogens is 1. The van der Waals surface area contributed by atoms with E-state index < -0.39 is 11.5 Å². The van der Waals surface area contributed by atoms with Crippen LogP contribution in [0, 0.1) is 0 Å². The Hall–Kier alpha value is -2.33. The summed E-state index contributed by atoms with van der Waals surface area (Å²) < 4.78 is 4.78. The molecule has 0 radical (unpaired) electrons. The lowest BCUT2D eigenvalue weighted by atomic mass is 10.1. The van der Waals surface area contributed by atoms with Gasteiger partial charge in [0.1, 0.15) is 5.50 Å². The molecule has 0 saturated heterocycles. The number of rotatable bonds is 3. The molecular formula is C17H14ClNO3. The maximum absolute atomic E-state index is 12.5. The highest BCUT2D eigenvalue weighted by Gasteiger charge is 2.35. The lowest BCUT2D eigenvalue weighted by Gasteiger charge is -2.21. The second kappa shape index (κ2) is 5.81. The van der Waals surface area contributed by atoms with Gasteiger partial charge >= 0.3 is 5.97 Å². The van der Waals surface area contributed by atoms with Crippen LogP contribution in [0.1, 0.15) is 37.3 Å². The average molecular weight is 316 g/mol. The van der Waals surface area contributed by atoms with Crippen molar-refractivity contribution in [2.45, 2.75) is 12.0 Å². The predicted molar refractivity (Wildman–Crippen MR) is 82.7 cm³/mol. The van der Waals surface area contributed by atoms with Crippen molar-refractivity contribution >= 4 is 23.5 Å². The fourth-order valence-electron chi connectivity index (χ4n) is 2.63. The molecule has 1 unspecified atom stereocenters. The predicted octanol–water partition coefficient (Wildman–Crippen LogP) is 3.37. The van der Waals surface area contributed by atoms with E-state index in [1.165, 1.54) is 7.11 Å². The maximum atomic E-state index is 12.5. The molecule has 1 aliphatic rings. The topological polar surface area (TPSA) is 46.6 Å². The van der Waals surface area contributed by atoms with E-state index in [1.54, 1.807) is 29.2 Å². The summed E-state index contributed by atoms with van der Waals surface area (Å²) in [7, 11) is 1.33. The van der Waals surface area contributed by atoms with Gasteiger partial charge in [0, 0.05) is 17.7 Å². The summed E-state index contributed by atoms with van der Waals surface area (Å²) in [6.07, 6.45) is 0. The Morgan fingerprint density at radius 3 is 2.59 bits per heavy atom. The minimum absolute atomic E-state index is 0.129. The molecule has 2 aromatic carbocycles. The van der Waals surface area contributed by atoms with E-state index in [9.17, 15) is 9.59 Å². The number of carbonyl (C=O) groups excluding carboxylic acids is 2. The first kappa shape index (κ1) is 14.6. The van der Waals surface area contributed by atoms with Gasteiger partial charge in [-0.25, -0.2) is 4.79 Å². The van der Waals surface area contributed by atoms with Gasteiger partial charge in [-0.05, 0) is 17.7 Å². The number of esters is 1. The molecule has 0 spiro atoms. The van der Waals surface area contributed by atoms with Gasteiger partial charge in [0.25, 0.3) is 5.91 Å². The standard InChI is InChI=1S/C17H14ClNO3/c1-22-17(21)12-7-3-2-6-11(12)10-19-15(18)13-8-4-5-9-14(13)16(19)20/h2-9,15H,10H2,1H3. The number of alkyl halides is 1. The molecule has 1 atom stereocenters. The third-order valence-corrected chi connectivity index (χ3v) is 4.22. The van der Waals surface area contributed by atoms with Gasteiger partial charge < -0.3 is 9.64 Å². The molecular weight excluding hydrogens is 302 g/mol. The van der Waals surface area contributed by atoms with E-state index in [-0.39, 0.29) is 12.5 Å². The van der Waals surface area contributed by atoms with Gasteiger partial charge in [0.15, 0.2) is 0 Å². The van der Waals surface area contributed by atoms with Gasteiger partial charge in [-0.3, -0.25) is 4.79 Å². The quantitative estimate of drug-likeness (QED) is 0.495. The van der Waals surface area contributed by atoms with Crippen LogP contribution in [-0.2, 0) is 11.3 Å². The van der Waals surface area contributed by atoms with Crippen molar-refractivity contribution in [3.8, 4) is 0 Å². The Morgan fingerprint density at radius 1 is 1.18 bits per heavy atom. The van der Waals surface area contributed by atoms with E-state index in [1.807, 2.05) is 24.3 Å². The molecule has 0 aromatic heterocycles. The van der Waals surface area contributed by atoms with Crippen molar-refractivity contribution < 1.29 is 14.3 Å². The molecule has 2 aromatic rings. The normalized spacial score (nSPS) is 16.5. The first-order valence-corrected chi connectivity index (χ1v) is 7.27. The summed E-state index contributed by atoms with van der Waals surface area (Å²) in [6.45, 7) is 0.257. The Morgan fingerprint density at radius 2 is 1.86 bits per heavy atom. The van der Waals surface area contributed by atoms with Crippen LogP contribution >= 0.6 is 11.6 Å². The molecule has 1 heterocycles. The van der Waals surface area contributed by atoms with Crippen LogP contribution in [0.15, 0.2) is 48.5 Å². The molecule has 0 N–H and O–H groups in total. The van der Waals surface area contributed by atoms with Crippen LogP contribution in [-0.4, -0.2) is 23.9 Å². The van der Waals surface area contributed by atoms with Crippen LogP contribution in [0.3, 0.4) is 0 Å². The van der Waals surface area contributed by atoms with E-state index in [4.69, 9.17) is 16.3 Å². The Balaban J connectivity index is 1.93. The molecule has 112 valence electrons. The van der Waals surface area contributed by atoms with Crippen LogP contribution in [0.5, 0.6) is 0 Å². The van der Waals surface area contributed by atoms with Gasteiger partial charge in [0.2, 0.25) is 0 Å². The summed E-state index contributed by atoms with van der Waals surface area (Å²) in [5.74, 6) is -0.554. The van der Waals surface area contributed by atoms with E-state index in [0.717, 1.165) is 5.56 Å². The molecule has 0 fully saturated rings. The number of fused-ring (bicyclic) bond motifs is 1. The van der Waals surface area contributed by atoms with Crippen molar-refractivity contribution in [3.63, 3.8) is 0 Å². The van der Waals surface area contributed by atoms with E-state index in [2.05, 4.69) is 0 Å². The average Bonchev–Trinajstić information content (AvgIpc) is 2.80. The number of ether oxygens (including phenoxy) is 1. The van der Waals surface area contributed by atoms with Crippen molar-refractivity contribution in [1.29, 1.82) is 0 Å². The fraction of sp³-hybridized carbons (Fsp3) is 0.176. The number of hydrogen-bond acceptors (Lipinski definition) is 3. The number of hydrogen-bond donors (Lipinski definition) is 0. The zero-order valence-electron chi connectivity index (χ0n) is 12.0. The highest BCUT2D eigenvalue weighted by atomic mass is 35.5. The fourth-order valence-corrected chi connectivity index (χ4v) is 2.98. The Kier molecular flexibility index (Phi) is 3.86. The first-order valence-electron chi connectivity index (χ1n) is 6.83. The van der Waals surface area contributed by atoms with Crippen LogP contribution in [0.2, 0.25) is 0 Å². The monoisotopic (exact) mass is 315 g/mol.